The monoisotopic (exact) mass is 663 g/mol. The van der Waals surface area contributed by atoms with E-state index in [-0.39, 0.29) is 12.1 Å². The van der Waals surface area contributed by atoms with Crippen molar-refractivity contribution in [1.29, 1.82) is 0 Å². The molecule has 0 aliphatic heterocycles. The number of hydrogen-bond donors (Lipinski definition) is 2. The Morgan fingerprint density at radius 2 is 1.38 bits per heavy atom. The number of benzene rings is 2. The van der Waals surface area contributed by atoms with Crippen LogP contribution in [0, 0.1) is 6.57 Å². The Labute approximate surface area is 250 Å². The quantitative estimate of drug-likeness (QED) is 0.184. The molecule has 0 aliphatic carbocycles. The van der Waals surface area contributed by atoms with Crippen LogP contribution in [0.5, 0.6) is 0 Å². The van der Waals surface area contributed by atoms with Gasteiger partial charge in [-0.3, -0.25) is 4.68 Å². The van der Waals surface area contributed by atoms with Gasteiger partial charge in [-0.15, -0.1) is 0 Å². The number of fused-ring (bicyclic) bond motifs is 1. The topological polar surface area (TPSA) is 118 Å². The molecule has 0 saturated heterocycles. The third-order valence-corrected chi connectivity index (χ3v) is 7.18. The highest BCUT2D eigenvalue weighted by Gasteiger charge is 2.18. The lowest BCUT2D eigenvalue weighted by Gasteiger charge is -2.07. The lowest BCUT2D eigenvalue weighted by atomic mass is 10.1. The molecule has 5 aromatic rings. The minimum Gasteiger partial charge on any atom is -0.393 e. The van der Waals surface area contributed by atoms with Crippen molar-refractivity contribution in [3.63, 3.8) is 0 Å². The Kier molecular flexibility index (Phi) is 9.22. The minimum absolute atomic E-state index is 0.150. The van der Waals surface area contributed by atoms with Gasteiger partial charge >= 0.3 is 0 Å². The molecule has 2 aromatic carbocycles. The van der Waals surface area contributed by atoms with Crippen molar-refractivity contribution in [1.82, 2.24) is 29.5 Å². The van der Waals surface area contributed by atoms with Gasteiger partial charge in [-0.05, 0) is 63.1 Å². The molecule has 0 radical (unpaired) electrons. The largest absolute Gasteiger partial charge is 0.393 e. The lowest BCUT2D eigenvalue weighted by Crippen LogP contribution is -2.07. The summed E-state index contributed by atoms with van der Waals surface area (Å²) >= 11 is 6.94. The number of nitrogen functional groups attached to an aromatic ring is 2. The van der Waals surface area contributed by atoms with Gasteiger partial charge in [-0.25, -0.2) is 19.5 Å². The van der Waals surface area contributed by atoms with Gasteiger partial charge in [0.1, 0.15) is 18.0 Å². The summed E-state index contributed by atoms with van der Waals surface area (Å²) in [6.45, 7) is 15.4. The lowest BCUT2D eigenvalue weighted by molar-refractivity contribution is 0.535. The Morgan fingerprint density at radius 1 is 0.825 bits per heavy atom. The molecule has 0 atom stereocenters. The average Bonchev–Trinajstić information content (AvgIpc) is 3.42. The van der Waals surface area contributed by atoms with Crippen LogP contribution in [-0.2, 0) is 12.8 Å². The van der Waals surface area contributed by atoms with Crippen LogP contribution in [0.3, 0.4) is 0 Å². The zero-order chi connectivity index (χ0) is 29.0. The van der Waals surface area contributed by atoms with Crippen molar-refractivity contribution in [2.24, 2.45) is 0 Å². The highest BCUT2D eigenvalue weighted by atomic mass is 79.9. The number of nitrogens with two attached hydrogens (primary N) is 2. The van der Waals surface area contributed by atoms with Gasteiger partial charge in [-0.2, -0.15) is 10.2 Å². The predicted molar refractivity (Wildman–Crippen MR) is 167 cm³/mol. The van der Waals surface area contributed by atoms with E-state index in [0.29, 0.717) is 30.2 Å². The van der Waals surface area contributed by atoms with Crippen LogP contribution in [0.2, 0.25) is 0 Å². The summed E-state index contributed by atoms with van der Waals surface area (Å²) in [7, 11) is 0. The summed E-state index contributed by atoms with van der Waals surface area (Å²) in [5.74, 6) is 0.937. The van der Waals surface area contributed by atoms with E-state index in [4.69, 9.17) is 23.1 Å². The number of rotatable bonds is 6. The molecule has 5 rings (SSSR count). The van der Waals surface area contributed by atoms with E-state index in [1.54, 1.807) is 4.68 Å². The van der Waals surface area contributed by atoms with Crippen molar-refractivity contribution in [3.8, 4) is 0 Å². The van der Waals surface area contributed by atoms with E-state index in [1.807, 2.05) is 54.9 Å². The first kappa shape index (κ1) is 29.2. The fourth-order valence-electron chi connectivity index (χ4n) is 4.35. The van der Waals surface area contributed by atoms with Crippen LogP contribution in [0.25, 0.3) is 15.9 Å². The molecule has 0 amide bonds. The maximum Gasteiger partial charge on any atom is 0.250 e. The molecule has 0 bridgehead atoms. The highest BCUT2D eigenvalue weighted by Crippen LogP contribution is 2.31. The fraction of sp³-hybridized carbons (Fsp3) is 0.276. The molecular formula is C29H31Br2N9. The summed E-state index contributed by atoms with van der Waals surface area (Å²) in [4.78, 5) is 12.0. The van der Waals surface area contributed by atoms with Gasteiger partial charge in [-0.1, -0.05) is 56.1 Å². The molecule has 206 valence electrons. The van der Waals surface area contributed by atoms with Crippen LogP contribution < -0.4 is 11.5 Å². The van der Waals surface area contributed by atoms with Gasteiger partial charge < -0.3 is 11.5 Å². The maximum atomic E-state index is 7.27. The molecule has 3 aromatic heterocycles. The summed E-state index contributed by atoms with van der Waals surface area (Å²) < 4.78 is 5.68. The van der Waals surface area contributed by atoms with Crippen molar-refractivity contribution in [2.45, 2.75) is 52.6 Å². The van der Waals surface area contributed by atoms with Crippen LogP contribution in [0.15, 0.2) is 63.8 Å². The second-order valence-corrected chi connectivity index (χ2v) is 11.7. The Bertz CT molecular complexity index is 1680. The zero-order valence-corrected chi connectivity index (χ0v) is 26.0. The van der Waals surface area contributed by atoms with Crippen molar-refractivity contribution in [3.05, 3.63) is 97.7 Å². The first-order chi connectivity index (χ1) is 19.1. The Morgan fingerprint density at radius 3 is 1.90 bits per heavy atom. The molecule has 11 heteroatoms. The van der Waals surface area contributed by atoms with E-state index in [0.717, 1.165) is 36.9 Å². The first-order valence-electron chi connectivity index (χ1n) is 12.8. The number of aromatic nitrogens is 6. The molecule has 0 saturated carbocycles. The third kappa shape index (κ3) is 6.51. The average molecular weight is 665 g/mol. The second kappa shape index (κ2) is 12.6. The summed E-state index contributed by atoms with van der Waals surface area (Å²) in [6.07, 6.45) is 2.80. The van der Waals surface area contributed by atoms with Crippen molar-refractivity contribution < 1.29 is 0 Å². The Balaban J connectivity index is 0.000000186. The molecular weight excluding hydrogens is 634 g/mol. The zero-order valence-electron chi connectivity index (χ0n) is 22.8. The molecule has 3 heterocycles. The van der Waals surface area contributed by atoms with Crippen LogP contribution >= 0.6 is 31.9 Å². The third-order valence-electron chi connectivity index (χ3n) is 6.19. The molecule has 0 spiro atoms. The summed E-state index contributed by atoms with van der Waals surface area (Å²) in [5.41, 5.74) is 17.2. The van der Waals surface area contributed by atoms with Crippen molar-refractivity contribution >= 4 is 60.2 Å². The second-order valence-electron chi connectivity index (χ2n) is 9.89. The van der Waals surface area contributed by atoms with Gasteiger partial charge in [0.2, 0.25) is 0 Å². The maximum absolute atomic E-state index is 7.27. The van der Waals surface area contributed by atoms with E-state index < -0.39 is 0 Å². The number of hydrogen-bond acceptors (Lipinski definition) is 6. The fourth-order valence-corrected chi connectivity index (χ4v) is 5.25. The van der Waals surface area contributed by atoms with Crippen molar-refractivity contribution in [2.75, 3.05) is 11.5 Å². The van der Waals surface area contributed by atoms with E-state index in [9.17, 15) is 0 Å². The van der Waals surface area contributed by atoms with E-state index >= 15 is 0 Å². The molecule has 4 N–H and O–H groups in total. The molecule has 40 heavy (non-hydrogen) atoms. The van der Waals surface area contributed by atoms with Gasteiger partial charge in [0.05, 0.1) is 23.3 Å². The standard InChI is InChI=1S/C15H16BrN5.C14H15BrN4/c1-9(2)21-15-13(14(17)18-8-19-15)12(20-21)7-10-4-3-5-11(16)6-10;1-9(2)19-14(16)13(17-3)12(18-19)8-10-5-4-6-11(15)7-10/h3-6,8-9H,7H2,1-2H3,(H2,17,18,19);4-7,9H,8,16H2,1-2H3. The smallest absolute Gasteiger partial charge is 0.250 e. The predicted octanol–water partition coefficient (Wildman–Crippen LogP) is 7.29. The summed E-state index contributed by atoms with van der Waals surface area (Å²) in [6, 6.07) is 16.5. The van der Waals surface area contributed by atoms with E-state index in [2.05, 4.69) is 77.8 Å². The highest BCUT2D eigenvalue weighted by molar-refractivity contribution is 9.10. The van der Waals surface area contributed by atoms with Gasteiger partial charge in [0.15, 0.2) is 5.65 Å². The van der Waals surface area contributed by atoms with Crippen LogP contribution in [0.1, 0.15) is 62.3 Å². The Hall–Kier alpha value is -3.75. The minimum atomic E-state index is 0.150. The van der Waals surface area contributed by atoms with Crippen LogP contribution in [0.4, 0.5) is 17.3 Å². The van der Waals surface area contributed by atoms with Gasteiger partial charge in [0.25, 0.3) is 5.69 Å². The normalized spacial score (nSPS) is 11.1. The number of nitrogens with zero attached hydrogens (tertiary/aromatic N) is 7. The molecule has 9 nitrogen and oxygen atoms in total. The van der Waals surface area contributed by atoms with E-state index in [1.165, 1.54) is 11.9 Å². The first-order valence-corrected chi connectivity index (χ1v) is 14.4. The molecule has 0 aliphatic rings. The van der Waals surface area contributed by atoms with Gasteiger partial charge in [0, 0.05) is 33.9 Å². The number of halogens is 2. The number of anilines is 2. The SMILES string of the molecule is CC(C)n1nc(Cc2cccc(Br)c2)c2c(N)ncnc21.[C-]#[N+]c1c(Cc2cccc(Br)c2)nn(C(C)C)c1N. The summed E-state index contributed by atoms with van der Waals surface area (Å²) in [5, 5.41) is 10.0. The molecule has 0 fully saturated rings. The van der Waals surface area contributed by atoms with Crippen LogP contribution in [-0.4, -0.2) is 29.5 Å². The molecule has 0 unspecified atom stereocenters.